The Bertz CT molecular complexity index is 908. The van der Waals surface area contributed by atoms with Crippen LogP contribution in [0.25, 0.3) is 11.0 Å². The maximum atomic E-state index is 11.6. The van der Waals surface area contributed by atoms with Gasteiger partial charge in [-0.1, -0.05) is 18.2 Å². The molecule has 0 aliphatic rings. The van der Waals surface area contributed by atoms with E-state index in [1.807, 2.05) is 30.3 Å². The minimum Gasteiger partial charge on any atom is -0.423 e. The Morgan fingerprint density at radius 3 is 2.52 bits per heavy atom. The van der Waals surface area contributed by atoms with Crippen molar-refractivity contribution in [3.05, 3.63) is 75.1 Å². The van der Waals surface area contributed by atoms with Crippen LogP contribution in [0.4, 0.5) is 17.1 Å². The normalized spacial score (nSPS) is 10.4. The fourth-order valence-corrected chi connectivity index (χ4v) is 2.06. The number of hydrogen-bond acceptors (Lipinski definition) is 7. The van der Waals surface area contributed by atoms with Gasteiger partial charge >= 0.3 is 5.63 Å². The lowest BCUT2D eigenvalue weighted by molar-refractivity contribution is -0.384. The molecule has 1 aromatic heterocycles. The third-order valence-corrected chi connectivity index (χ3v) is 3.11. The molecule has 8 heteroatoms. The smallest absolute Gasteiger partial charge is 0.338 e. The van der Waals surface area contributed by atoms with Crippen molar-refractivity contribution >= 4 is 28.0 Å². The van der Waals surface area contributed by atoms with Crippen molar-refractivity contribution in [1.29, 1.82) is 0 Å². The highest BCUT2D eigenvalue weighted by Gasteiger charge is 2.11. The highest BCUT2D eigenvalue weighted by atomic mass is 16.6. The molecule has 0 saturated heterocycles. The third kappa shape index (κ3) is 3.27. The van der Waals surface area contributed by atoms with Gasteiger partial charge in [-0.2, -0.15) is 5.53 Å². The van der Waals surface area contributed by atoms with E-state index >= 15 is 0 Å². The summed E-state index contributed by atoms with van der Waals surface area (Å²) < 4.78 is 5.04. The van der Waals surface area contributed by atoms with Gasteiger partial charge in [-0.05, 0) is 18.2 Å². The number of hydrazine groups is 2. The number of fused-ring (bicyclic) bond motifs is 1. The van der Waals surface area contributed by atoms with Crippen LogP contribution in [0.3, 0.4) is 0 Å². The summed E-state index contributed by atoms with van der Waals surface area (Å²) in [6.07, 6.45) is 0. The van der Waals surface area contributed by atoms with Gasteiger partial charge in [0.05, 0.1) is 16.3 Å². The van der Waals surface area contributed by atoms with Crippen molar-refractivity contribution in [3.63, 3.8) is 0 Å². The number of para-hydroxylation sites is 1. The average Bonchev–Trinajstić information content (AvgIpc) is 2.55. The number of nitrogens with one attached hydrogen (secondary N) is 3. The summed E-state index contributed by atoms with van der Waals surface area (Å²) in [6, 6.07) is 14.5. The minimum absolute atomic E-state index is 0.0922. The molecule has 3 N–H and O–H groups in total. The molecule has 0 saturated carbocycles. The SMILES string of the molecule is O=c1cc(NNNc2ccccc2)c2cc([N+](=O)[O-])ccc2o1. The van der Waals surface area contributed by atoms with E-state index in [1.165, 1.54) is 24.3 Å². The summed E-state index contributed by atoms with van der Waals surface area (Å²) in [7, 11) is 0. The van der Waals surface area contributed by atoms with E-state index < -0.39 is 10.5 Å². The summed E-state index contributed by atoms with van der Waals surface area (Å²) in [5, 5.41) is 11.3. The van der Waals surface area contributed by atoms with Crippen molar-refractivity contribution in [3.8, 4) is 0 Å². The van der Waals surface area contributed by atoms with Crippen LogP contribution >= 0.6 is 0 Å². The van der Waals surface area contributed by atoms with E-state index in [0.717, 1.165) is 5.69 Å². The van der Waals surface area contributed by atoms with Crippen molar-refractivity contribution in [2.45, 2.75) is 0 Å². The number of benzene rings is 2. The Morgan fingerprint density at radius 2 is 1.78 bits per heavy atom. The molecular formula is C15H12N4O4. The predicted molar refractivity (Wildman–Crippen MR) is 86.0 cm³/mol. The van der Waals surface area contributed by atoms with E-state index in [4.69, 9.17) is 4.42 Å². The van der Waals surface area contributed by atoms with Gasteiger partial charge in [-0.3, -0.25) is 10.1 Å². The summed E-state index contributed by atoms with van der Waals surface area (Å²) in [5.41, 5.74) is 9.19. The van der Waals surface area contributed by atoms with Crippen LogP contribution in [0.15, 0.2) is 63.8 Å². The predicted octanol–water partition coefficient (Wildman–Crippen LogP) is 2.64. The molecule has 8 nitrogen and oxygen atoms in total. The first-order valence-corrected chi connectivity index (χ1v) is 6.68. The van der Waals surface area contributed by atoms with E-state index in [0.29, 0.717) is 11.1 Å². The van der Waals surface area contributed by atoms with Gasteiger partial charge < -0.3 is 15.3 Å². The first kappa shape index (κ1) is 14.5. The number of nitro benzene ring substituents is 1. The lowest BCUT2D eigenvalue weighted by Crippen LogP contribution is -2.28. The monoisotopic (exact) mass is 312 g/mol. The molecule has 0 radical (unpaired) electrons. The highest BCUT2D eigenvalue weighted by Crippen LogP contribution is 2.25. The van der Waals surface area contributed by atoms with Crippen LogP contribution < -0.4 is 22.0 Å². The van der Waals surface area contributed by atoms with E-state index in [-0.39, 0.29) is 11.3 Å². The molecule has 23 heavy (non-hydrogen) atoms. The molecule has 0 spiro atoms. The molecular weight excluding hydrogens is 300 g/mol. The van der Waals surface area contributed by atoms with Crippen molar-refractivity contribution in [1.82, 2.24) is 5.53 Å². The standard InChI is InChI=1S/C15H12N4O4/c20-15-9-13(17-18-16-10-4-2-1-3-5-10)12-8-11(19(21)22)6-7-14(12)23-15/h1-9,16-18H. The van der Waals surface area contributed by atoms with Crippen molar-refractivity contribution in [2.24, 2.45) is 0 Å². The molecule has 3 rings (SSSR count). The Hall–Kier alpha value is -3.39. The van der Waals surface area contributed by atoms with Gasteiger partial charge in [-0.25, -0.2) is 4.79 Å². The number of nitrogens with zero attached hydrogens (tertiary/aromatic N) is 1. The van der Waals surface area contributed by atoms with Crippen LogP contribution in [0, 0.1) is 10.1 Å². The van der Waals surface area contributed by atoms with E-state index in [1.54, 1.807) is 0 Å². The van der Waals surface area contributed by atoms with E-state index in [2.05, 4.69) is 16.4 Å². The molecule has 1 heterocycles. The minimum atomic E-state index is -0.560. The van der Waals surface area contributed by atoms with Gasteiger partial charge in [0.2, 0.25) is 0 Å². The van der Waals surface area contributed by atoms with Crippen LogP contribution in [-0.2, 0) is 0 Å². The molecule has 3 aromatic rings. The van der Waals surface area contributed by atoms with E-state index in [9.17, 15) is 14.9 Å². The molecule has 0 aliphatic heterocycles. The fraction of sp³-hybridized carbons (Fsp3) is 0. The van der Waals surface area contributed by atoms with Crippen LogP contribution in [0.5, 0.6) is 0 Å². The average molecular weight is 312 g/mol. The summed E-state index contributed by atoms with van der Waals surface area (Å²) in [6.45, 7) is 0. The molecule has 0 aliphatic carbocycles. The molecule has 2 aromatic carbocycles. The molecule has 0 amide bonds. The Balaban J connectivity index is 1.88. The van der Waals surface area contributed by atoms with Gasteiger partial charge in [0.25, 0.3) is 5.69 Å². The zero-order valence-corrected chi connectivity index (χ0v) is 11.8. The summed E-state index contributed by atoms with van der Waals surface area (Å²) in [4.78, 5) is 21.9. The zero-order valence-electron chi connectivity index (χ0n) is 11.8. The lowest BCUT2D eigenvalue weighted by atomic mass is 10.2. The molecule has 0 bridgehead atoms. The maximum absolute atomic E-state index is 11.6. The Kier molecular flexibility index (Phi) is 3.89. The van der Waals surface area contributed by atoms with Crippen LogP contribution in [-0.4, -0.2) is 4.92 Å². The highest BCUT2D eigenvalue weighted by molar-refractivity contribution is 5.91. The lowest BCUT2D eigenvalue weighted by Gasteiger charge is -2.12. The Labute approximate surface area is 129 Å². The summed E-state index contributed by atoms with van der Waals surface area (Å²) >= 11 is 0. The van der Waals surface area contributed by atoms with Gasteiger partial charge in [0.15, 0.2) is 0 Å². The topological polar surface area (TPSA) is 109 Å². The van der Waals surface area contributed by atoms with Crippen LogP contribution in [0.1, 0.15) is 0 Å². The second-order valence-electron chi connectivity index (χ2n) is 4.66. The molecule has 0 fully saturated rings. The van der Waals surface area contributed by atoms with Crippen molar-refractivity contribution in [2.75, 3.05) is 10.9 Å². The molecule has 0 atom stereocenters. The van der Waals surface area contributed by atoms with Crippen molar-refractivity contribution < 1.29 is 9.34 Å². The maximum Gasteiger partial charge on any atom is 0.338 e. The number of nitro groups is 1. The Morgan fingerprint density at radius 1 is 1.00 bits per heavy atom. The zero-order chi connectivity index (χ0) is 16.2. The fourth-order valence-electron chi connectivity index (χ4n) is 2.06. The summed E-state index contributed by atoms with van der Waals surface area (Å²) in [5.74, 6) is 0. The van der Waals surface area contributed by atoms with Crippen LogP contribution in [0.2, 0.25) is 0 Å². The largest absolute Gasteiger partial charge is 0.423 e. The quantitative estimate of drug-likeness (QED) is 0.377. The number of anilines is 2. The number of hydrogen-bond donors (Lipinski definition) is 3. The number of rotatable bonds is 5. The molecule has 116 valence electrons. The second-order valence-corrected chi connectivity index (χ2v) is 4.66. The van der Waals surface area contributed by atoms with Gasteiger partial charge in [0, 0.05) is 23.6 Å². The second kappa shape index (κ2) is 6.16. The molecule has 0 unspecified atom stereocenters. The first-order chi connectivity index (χ1) is 11.1. The first-order valence-electron chi connectivity index (χ1n) is 6.68. The van der Waals surface area contributed by atoms with Gasteiger partial charge in [0.1, 0.15) is 5.58 Å². The van der Waals surface area contributed by atoms with Gasteiger partial charge in [-0.15, -0.1) is 0 Å². The third-order valence-electron chi connectivity index (χ3n) is 3.11. The number of non-ortho nitro benzene ring substituents is 1.